The predicted octanol–water partition coefficient (Wildman–Crippen LogP) is 5.39. The van der Waals surface area contributed by atoms with E-state index in [0.29, 0.717) is 0 Å². The predicted molar refractivity (Wildman–Crippen MR) is 233 cm³/mol. The summed E-state index contributed by atoms with van der Waals surface area (Å²) < 4.78 is 0. The summed E-state index contributed by atoms with van der Waals surface area (Å²) in [6.07, 6.45) is 3.31. The van der Waals surface area contributed by atoms with Crippen LogP contribution in [-0.4, -0.2) is 80.2 Å². The average Bonchev–Trinajstić information content (AvgIpc) is 3.75. The van der Waals surface area contributed by atoms with Crippen LogP contribution in [0.15, 0.2) is 258 Å². The van der Waals surface area contributed by atoms with E-state index >= 15 is 0 Å². The maximum absolute atomic E-state index is 13.4. The van der Waals surface area contributed by atoms with Gasteiger partial charge in [-0.15, -0.1) is 13.2 Å². The van der Waals surface area contributed by atoms with Crippen molar-refractivity contribution in [3.63, 3.8) is 0 Å². The van der Waals surface area contributed by atoms with Crippen LogP contribution < -0.4 is 0 Å². The summed E-state index contributed by atoms with van der Waals surface area (Å²) in [7, 11) is 0. The molecule has 0 saturated carbocycles. The van der Waals surface area contributed by atoms with Crippen molar-refractivity contribution in [1.29, 1.82) is 0 Å². The Morgan fingerprint density at radius 1 is 0.439 bits per heavy atom. The maximum atomic E-state index is 13.4. The standard InChI is InChI=1S/C56H24N4O6/c1-6-11-12-13-14-15-16-17-18-19-20-21-22-23-24-25-26-27-28-29-30-31-32-33-34-35-36-37-38-39-40-41-42-43-50(59(51(61)9-4)48-46-53(63)57(44-7-2)55(48)65)60(52(62)10-5)49-47-54(64)58(45-8-3)56(49)66/h7-10,48-49H,1-5,44-47H2. The van der Waals surface area contributed by atoms with Crippen molar-refractivity contribution >= 4 is 35.4 Å². The Morgan fingerprint density at radius 2 is 0.682 bits per heavy atom. The molecule has 2 fully saturated rings. The topological polar surface area (TPSA) is 115 Å². The van der Waals surface area contributed by atoms with Crippen LogP contribution >= 0.6 is 0 Å². The van der Waals surface area contributed by atoms with E-state index in [1.54, 1.807) is 0 Å². The molecule has 2 atom stereocenters. The van der Waals surface area contributed by atoms with Crippen LogP contribution in [0, 0.1) is 0 Å². The van der Waals surface area contributed by atoms with Crippen LogP contribution in [0.25, 0.3) is 0 Å². The second-order valence-electron chi connectivity index (χ2n) is 11.2. The molecule has 0 spiro atoms. The maximum Gasteiger partial charge on any atom is 0.253 e. The van der Waals surface area contributed by atoms with Gasteiger partial charge in [0.25, 0.3) is 23.6 Å². The molecule has 0 radical (unpaired) electrons. The van der Waals surface area contributed by atoms with Crippen molar-refractivity contribution < 1.29 is 28.8 Å². The number of carbonyl (C=O) groups is 6. The van der Waals surface area contributed by atoms with Crippen LogP contribution in [0.4, 0.5) is 0 Å². The molecule has 0 aromatic carbocycles. The molecule has 0 bridgehead atoms. The van der Waals surface area contributed by atoms with Crippen molar-refractivity contribution in [3.8, 4) is 0 Å². The highest BCUT2D eigenvalue weighted by Crippen LogP contribution is 2.29. The molecule has 6 amide bonds. The zero-order valence-electron chi connectivity index (χ0n) is 34.6. The van der Waals surface area contributed by atoms with E-state index in [2.05, 4.69) is 228 Å². The van der Waals surface area contributed by atoms with Crippen molar-refractivity contribution in [2.24, 2.45) is 0 Å². The molecule has 0 N–H and O–H groups in total. The van der Waals surface area contributed by atoms with Crippen LogP contribution in [0.1, 0.15) is 12.8 Å². The minimum absolute atomic E-state index is 0.156. The number of amides is 6. The van der Waals surface area contributed by atoms with Gasteiger partial charge in [-0.2, -0.15) is 0 Å². The molecule has 2 rings (SSSR count). The van der Waals surface area contributed by atoms with Gasteiger partial charge in [-0.3, -0.25) is 48.4 Å². The highest BCUT2D eigenvalue weighted by Gasteiger charge is 2.49. The van der Waals surface area contributed by atoms with Gasteiger partial charge in [0, 0.05) is 105 Å². The van der Waals surface area contributed by atoms with Gasteiger partial charge in [0.15, 0.2) is 5.82 Å². The van der Waals surface area contributed by atoms with Crippen LogP contribution in [0.3, 0.4) is 0 Å². The highest BCUT2D eigenvalue weighted by atomic mass is 16.2. The minimum atomic E-state index is -1.51. The highest BCUT2D eigenvalue weighted by molar-refractivity contribution is 6.09. The fourth-order valence-corrected chi connectivity index (χ4v) is 4.69. The lowest BCUT2D eigenvalue weighted by Gasteiger charge is -2.35. The third kappa shape index (κ3) is 17.3. The van der Waals surface area contributed by atoms with Crippen LogP contribution in [-0.2, 0) is 28.8 Å². The number of rotatable bonds is 10. The molecule has 10 heteroatoms. The SMILES string of the molecule is C=C=C=C=C=C=C=C=C=C=C=C=C=C=C=C=C=C=C=C=C=C=C=C=C=C=C=C=C=C=C=C=C=C=C=C(N(C(=O)C=C)C1CC(=O)N(CC=C)C1=O)N(C(=O)C=C)C1CC(=O)N(CC=C)C1=O. The molecule has 0 aliphatic carbocycles. The first-order chi connectivity index (χ1) is 32.2. The van der Waals surface area contributed by atoms with Crippen LogP contribution in [0.2, 0.25) is 0 Å². The number of likely N-dealkylation sites (tertiary alicyclic amines) is 2. The van der Waals surface area contributed by atoms with E-state index in [0.717, 1.165) is 31.8 Å². The monoisotopic (exact) mass is 848 g/mol. The molecule has 66 heavy (non-hydrogen) atoms. The van der Waals surface area contributed by atoms with Gasteiger partial charge < -0.3 is 0 Å². The lowest BCUT2D eigenvalue weighted by molar-refractivity contribution is -0.145. The largest absolute Gasteiger partial charge is 0.277 e. The van der Waals surface area contributed by atoms with Gasteiger partial charge in [0.1, 0.15) is 12.1 Å². The first-order valence-electron chi connectivity index (χ1n) is 18.1. The number of nitrogens with zero attached hydrogens (tertiary/aromatic N) is 4. The summed E-state index contributed by atoms with van der Waals surface area (Å²) in [5.74, 6) is -5.31. The Kier molecular flexibility index (Phi) is 23.4. The molecule has 2 aliphatic rings. The molecule has 10 nitrogen and oxygen atoms in total. The first-order valence-corrected chi connectivity index (χ1v) is 18.1. The third-order valence-electron chi connectivity index (χ3n) is 7.17. The number of hydrogen-bond donors (Lipinski definition) is 0. The van der Waals surface area contributed by atoms with Crippen molar-refractivity contribution in [3.05, 3.63) is 258 Å². The van der Waals surface area contributed by atoms with Crippen molar-refractivity contribution in [2.45, 2.75) is 24.9 Å². The second kappa shape index (κ2) is 30.5. The number of imide groups is 2. The molecule has 2 saturated heterocycles. The molecule has 2 heterocycles. The van der Waals surface area contributed by atoms with E-state index in [1.165, 1.54) is 12.2 Å². The molecular formula is C56H24N4O6. The second-order valence-corrected chi connectivity index (χ2v) is 11.2. The minimum Gasteiger partial charge on any atom is -0.277 e. The Balaban J connectivity index is 2.70. The summed E-state index contributed by atoms with van der Waals surface area (Å²) >= 11 is 0. The number of hydrogen-bond acceptors (Lipinski definition) is 6. The summed E-state index contributed by atoms with van der Waals surface area (Å²) in [6, 6.07) is -3.01. The summed E-state index contributed by atoms with van der Waals surface area (Å²) in [4.78, 5) is 82.6. The van der Waals surface area contributed by atoms with Crippen molar-refractivity contribution in [2.75, 3.05) is 13.1 Å². The zero-order chi connectivity index (χ0) is 48.2. The Bertz CT molecular complexity index is 3580. The fraction of sp³-hybridized carbons (Fsp3) is 0.107. The number of carbonyl (C=O) groups excluding carboxylic acids is 6. The summed E-state index contributed by atoms with van der Waals surface area (Å²) in [6.45, 7) is 17.0. The Morgan fingerprint density at radius 3 is 0.909 bits per heavy atom. The normalized spacial score (nSPS) is 11.9. The molecule has 2 unspecified atom stereocenters. The zero-order valence-corrected chi connectivity index (χ0v) is 34.6. The van der Waals surface area contributed by atoms with Gasteiger partial charge in [0.05, 0.1) is 12.8 Å². The Labute approximate surface area is 378 Å². The van der Waals surface area contributed by atoms with Gasteiger partial charge >= 0.3 is 0 Å². The molecule has 304 valence electrons. The lowest BCUT2D eigenvalue weighted by Crippen LogP contribution is -2.53. The fourth-order valence-electron chi connectivity index (χ4n) is 4.69. The average molecular weight is 849 g/mol. The van der Waals surface area contributed by atoms with Crippen LogP contribution in [0.5, 0.6) is 0 Å². The Hall–Kier alpha value is -11.6. The van der Waals surface area contributed by atoms with E-state index in [4.69, 9.17) is 0 Å². The lowest BCUT2D eigenvalue weighted by atomic mass is 10.1. The van der Waals surface area contributed by atoms with Gasteiger partial charge in [-0.1, -0.05) is 31.0 Å². The smallest absolute Gasteiger partial charge is 0.253 e. The molecule has 2 aliphatic heterocycles. The molecule has 0 aromatic heterocycles. The van der Waals surface area contributed by atoms with E-state index in [9.17, 15) is 28.8 Å². The van der Waals surface area contributed by atoms with Crippen molar-refractivity contribution in [1.82, 2.24) is 19.6 Å². The van der Waals surface area contributed by atoms with E-state index in [-0.39, 0.29) is 13.1 Å². The first kappa shape index (κ1) is 50.6. The summed E-state index contributed by atoms with van der Waals surface area (Å²) in [5.41, 5.74) is 83.7. The summed E-state index contributed by atoms with van der Waals surface area (Å²) in [5, 5.41) is 0. The van der Waals surface area contributed by atoms with Gasteiger partial charge in [0.2, 0.25) is 11.8 Å². The quantitative estimate of drug-likeness (QED) is 0.126. The van der Waals surface area contributed by atoms with Gasteiger partial charge in [-0.25, -0.2) is 0 Å². The van der Waals surface area contributed by atoms with Gasteiger partial charge in [-0.05, 0) is 116 Å². The third-order valence-corrected chi connectivity index (χ3v) is 7.17. The molecular weight excluding hydrogens is 825 g/mol. The van der Waals surface area contributed by atoms with E-state index < -0.39 is 66.2 Å². The molecule has 0 aromatic rings. The van der Waals surface area contributed by atoms with E-state index in [1.807, 2.05) is 0 Å².